The Morgan fingerprint density at radius 3 is 2.10 bits per heavy atom. The van der Waals surface area contributed by atoms with Gasteiger partial charge in [0, 0.05) is 0 Å². The van der Waals surface area contributed by atoms with Crippen molar-refractivity contribution in [1.82, 2.24) is 0 Å². The van der Waals surface area contributed by atoms with Crippen molar-refractivity contribution in [1.29, 1.82) is 0 Å². The molecule has 0 aliphatic carbocycles. The number of carbonyl (C=O) groups is 2. The van der Waals surface area contributed by atoms with Gasteiger partial charge >= 0.3 is 5.91 Å². The van der Waals surface area contributed by atoms with Crippen LogP contribution >= 0.6 is 0 Å². The zero-order valence-corrected chi connectivity index (χ0v) is 10.8. The van der Waals surface area contributed by atoms with Crippen molar-refractivity contribution in [2.75, 3.05) is 4.90 Å². The highest BCUT2D eigenvalue weighted by Crippen LogP contribution is 2.31. The van der Waals surface area contributed by atoms with Gasteiger partial charge in [0.05, 0.1) is 11.3 Å². The van der Waals surface area contributed by atoms with E-state index in [1.54, 1.807) is 30.3 Å². The molecule has 2 amide bonds. The van der Waals surface area contributed by atoms with Crippen LogP contribution in [0.5, 0.6) is 0 Å². The predicted octanol–water partition coefficient (Wildman–Crippen LogP) is 2.67. The number of anilines is 1. The van der Waals surface area contributed by atoms with E-state index in [0.29, 0.717) is 5.56 Å². The van der Waals surface area contributed by atoms with Crippen LogP contribution in [0.15, 0.2) is 60.4 Å². The van der Waals surface area contributed by atoms with E-state index in [-0.39, 0.29) is 11.3 Å². The minimum absolute atomic E-state index is 0.0510. The molecule has 0 radical (unpaired) electrons. The molecule has 0 unspecified atom stereocenters. The van der Waals surface area contributed by atoms with Crippen molar-refractivity contribution in [3.8, 4) is 0 Å². The maximum atomic E-state index is 12.9. The lowest BCUT2D eigenvalue weighted by atomic mass is 10.1. The summed E-state index contributed by atoms with van der Waals surface area (Å²) in [4.78, 5) is 25.3. The first-order valence-corrected chi connectivity index (χ1v) is 6.22. The van der Waals surface area contributed by atoms with E-state index in [0.717, 1.165) is 17.0 Å². The fraction of sp³-hybridized carbons (Fsp3) is 0. The van der Waals surface area contributed by atoms with E-state index < -0.39 is 23.4 Å². The van der Waals surface area contributed by atoms with Crippen molar-refractivity contribution < 1.29 is 19.1 Å². The van der Waals surface area contributed by atoms with Crippen LogP contribution in [0.25, 0.3) is 5.57 Å². The van der Waals surface area contributed by atoms with Gasteiger partial charge in [-0.3, -0.25) is 9.59 Å². The number of benzene rings is 2. The Hall–Kier alpha value is -2.95. The van der Waals surface area contributed by atoms with Gasteiger partial charge in [0.2, 0.25) is 0 Å². The van der Waals surface area contributed by atoms with Crippen LogP contribution in [-0.4, -0.2) is 16.9 Å². The second-order valence-electron chi connectivity index (χ2n) is 4.51. The molecule has 1 aliphatic rings. The second-order valence-corrected chi connectivity index (χ2v) is 4.51. The summed E-state index contributed by atoms with van der Waals surface area (Å²) in [6.45, 7) is 0. The van der Waals surface area contributed by atoms with E-state index in [9.17, 15) is 19.1 Å². The summed E-state index contributed by atoms with van der Waals surface area (Å²) in [5.41, 5.74) is 0.617. The quantitative estimate of drug-likeness (QED) is 0.862. The lowest BCUT2D eigenvalue weighted by Crippen LogP contribution is -2.31. The van der Waals surface area contributed by atoms with Crippen LogP contribution in [0.4, 0.5) is 10.1 Å². The van der Waals surface area contributed by atoms with Gasteiger partial charge in [-0.15, -0.1) is 0 Å². The molecule has 0 aromatic heterocycles. The number of hydrogen-bond donors (Lipinski definition) is 1. The maximum absolute atomic E-state index is 12.9. The SMILES string of the molecule is O=C1C(O)=C(c2ccccc2)C(=O)N1c1ccc(F)cc1. The number of aliphatic hydroxyl groups is 1. The molecule has 3 rings (SSSR count). The maximum Gasteiger partial charge on any atom is 0.301 e. The number of nitrogens with zero attached hydrogens (tertiary/aromatic N) is 1. The van der Waals surface area contributed by atoms with Crippen LogP contribution in [-0.2, 0) is 9.59 Å². The third-order valence-electron chi connectivity index (χ3n) is 3.21. The average Bonchev–Trinajstić information content (AvgIpc) is 2.72. The Morgan fingerprint density at radius 2 is 1.48 bits per heavy atom. The molecule has 21 heavy (non-hydrogen) atoms. The Kier molecular flexibility index (Phi) is 3.02. The van der Waals surface area contributed by atoms with Crippen molar-refractivity contribution in [2.24, 2.45) is 0 Å². The summed E-state index contributed by atoms with van der Waals surface area (Å²) in [5.74, 6) is -2.52. The number of halogens is 1. The number of amides is 2. The minimum atomic E-state index is -0.814. The molecular weight excluding hydrogens is 273 g/mol. The number of imide groups is 1. The first kappa shape index (κ1) is 13.1. The Morgan fingerprint density at radius 1 is 0.857 bits per heavy atom. The summed E-state index contributed by atoms with van der Waals surface area (Å²) >= 11 is 0. The number of carbonyl (C=O) groups excluding carboxylic acids is 2. The number of rotatable bonds is 2. The van der Waals surface area contributed by atoms with E-state index in [1.165, 1.54) is 12.1 Å². The van der Waals surface area contributed by atoms with Crippen molar-refractivity contribution in [3.63, 3.8) is 0 Å². The predicted molar refractivity (Wildman–Crippen MR) is 74.9 cm³/mol. The summed E-state index contributed by atoms with van der Waals surface area (Å²) in [6.07, 6.45) is 0. The summed E-state index contributed by atoms with van der Waals surface area (Å²) in [6, 6.07) is 13.3. The number of aliphatic hydroxyl groups excluding tert-OH is 1. The highest BCUT2D eigenvalue weighted by atomic mass is 19.1. The molecule has 0 spiro atoms. The molecule has 0 saturated heterocycles. The normalized spacial score (nSPS) is 15.0. The molecule has 1 aliphatic heterocycles. The zero-order valence-electron chi connectivity index (χ0n) is 10.8. The monoisotopic (exact) mass is 283 g/mol. The third-order valence-corrected chi connectivity index (χ3v) is 3.21. The van der Waals surface area contributed by atoms with Crippen LogP contribution in [0.2, 0.25) is 0 Å². The van der Waals surface area contributed by atoms with Gasteiger partial charge in [-0.2, -0.15) is 0 Å². The van der Waals surface area contributed by atoms with Gasteiger partial charge in [0.15, 0.2) is 5.76 Å². The molecule has 0 atom stereocenters. The Bertz CT molecular complexity index is 751. The molecule has 4 nitrogen and oxygen atoms in total. The van der Waals surface area contributed by atoms with Gasteiger partial charge in [-0.05, 0) is 29.8 Å². The fourth-order valence-corrected chi connectivity index (χ4v) is 2.21. The second kappa shape index (κ2) is 4.86. The first-order valence-electron chi connectivity index (χ1n) is 6.22. The van der Waals surface area contributed by atoms with E-state index in [1.807, 2.05) is 0 Å². The summed E-state index contributed by atoms with van der Waals surface area (Å²) < 4.78 is 12.9. The van der Waals surface area contributed by atoms with Crippen molar-refractivity contribution in [3.05, 3.63) is 71.7 Å². The third kappa shape index (κ3) is 2.08. The average molecular weight is 283 g/mol. The molecular formula is C16H10FNO3. The highest BCUT2D eigenvalue weighted by molar-refractivity contribution is 6.44. The molecule has 1 N–H and O–H groups in total. The lowest BCUT2D eigenvalue weighted by Gasteiger charge is -2.14. The first-order chi connectivity index (χ1) is 10.1. The molecule has 2 aromatic carbocycles. The molecule has 2 aromatic rings. The standard InChI is InChI=1S/C16H10FNO3/c17-11-6-8-12(9-7-11)18-15(20)13(14(19)16(18)21)10-4-2-1-3-5-10/h1-9,19H. The molecule has 0 fully saturated rings. The van der Waals surface area contributed by atoms with Crippen LogP contribution in [0, 0.1) is 5.82 Å². The lowest BCUT2D eigenvalue weighted by molar-refractivity contribution is -0.121. The Labute approximate surface area is 119 Å². The minimum Gasteiger partial charge on any atom is -0.502 e. The highest BCUT2D eigenvalue weighted by Gasteiger charge is 2.40. The molecule has 104 valence electrons. The fourth-order valence-electron chi connectivity index (χ4n) is 2.21. The van der Waals surface area contributed by atoms with E-state index in [4.69, 9.17) is 0 Å². The van der Waals surface area contributed by atoms with Gasteiger partial charge in [0.25, 0.3) is 5.91 Å². The van der Waals surface area contributed by atoms with E-state index in [2.05, 4.69) is 0 Å². The van der Waals surface area contributed by atoms with Gasteiger partial charge in [-0.1, -0.05) is 30.3 Å². The summed E-state index contributed by atoms with van der Waals surface area (Å²) in [5, 5.41) is 9.96. The topological polar surface area (TPSA) is 57.6 Å². The molecule has 0 saturated carbocycles. The van der Waals surface area contributed by atoms with Crippen molar-refractivity contribution in [2.45, 2.75) is 0 Å². The van der Waals surface area contributed by atoms with Gasteiger partial charge in [-0.25, -0.2) is 9.29 Å². The zero-order chi connectivity index (χ0) is 15.0. The van der Waals surface area contributed by atoms with Crippen LogP contribution < -0.4 is 4.90 Å². The Balaban J connectivity index is 2.04. The molecule has 0 bridgehead atoms. The largest absolute Gasteiger partial charge is 0.502 e. The van der Waals surface area contributed by atoms with Crippen molar-refractivity contribution >= 4 is 23.1 Å². The van der Waals surface area contributed by atoms with E-state index >= 15 is 0 Å². The number of hydrogen-bond acceptors (Lipinski definition) is 3. The summed E-state index contributed by atoms with van der Waals surface area (Å²) in [7, 11) is 0. The van der Waals surface area contributed by atoms with Gasteiger partial charge < -0.3 is 5.11 Å². The van der Waals surface area contributed by atoms with Crippen LogP contribution in [0.1, 0.15) is 5.56 Å². The molecule has 5 heteroatoms. The van der Waals surface area contributed by atoms with Gasteiger partial charge in [0.1, 0.15) is 5.82 Å². The smallest absolute Gasteiger partial charge is 0.301 e. The molecule has 1 heterocycles. The van der Waals surface area contributed by atoms with Crippen LogP contribution in [0.3, 0.4) is 0 Å².